The van der Waals surface area contributed by atoms with E-state index in [1.54, 1.807) is 6.92 Å². The molecule has 1 atom stereocenters. The van der Waals surface area contributed by atoms with Crippen LogP contribution in [0, 0.1) is 6.92 Å². The molecule has 0 aliphatic rings. The topological polar surface area (TPSA) is 40.5 Å². The number of rotatable bonds is 6. The van der Waals surface area contributed by atoms with Crippen molar-refractivity contribution in [1.29, 1.82) is 0 Å². The number of hydrogen-bond donors (Lipinski definition) is 1. The van der Waals surface area contributed by atoms with Gasteiger partial charge in [0.1, 0.15) is 0 Å². The van der Waals surface area contributed by atoms with E-state index in [0.29, 0.717) is 25.9 Å². The van der Waals surface area contributed by atoms with Gasteiger partial charge in [0, 0.05) is 19.5 Å². The number of nitrogens with zero attached hydrogens (tertiary/aromatic N) is 1. The molecule has 100 valence electrons. The summed E-state index contributed by atoms with van der Waals surface area (Å²) in [5, 5.41) is 9.22. The van der Waals surface area contributed by atoms with Gasteiger partial charge in [0.05, 0.1) is 6.10 Å². The molecule has 0 aliphatic heterocycles. The monoisotopic (exact) mass is 249 g/mol. The number of aryl methyl sites for hydroxylation is 1. The number of aliphatic hydroxyl groups is 1. The third-order valence-corrected chi connectivity index (χ3v) is 3.13. The smallest absolute Gasteiger partial charge is 0.222 e. The zero-order chi connectivity index (χ0) is 13.5. The lowest BCUT2D eigenvalue weighted by Crippen LogP contribution is -2.30. The molecule has 1 N–H and O–H groups in total. The Morgan fingerprint density at radius 1 is 1.39 bits per heavy atom. The van der Waals surface area contributed by atoms with E-state index in [4.69, 9.17) is 0 Å². The van der Waals surface area contributed by atoms with Crippen LogP contribution in [0.3, 0.4) is 0 Å². The Morgan fingerprint density at radius 3 is 2.61 bits per heavy atom. The summed E-state index contributed by atoms with van der Waals surface area (Å²) in [4.78, 5) is 13.8. The first-order chi connectivity index (χ1) is 8.54. The Kier molecular flexibility index (Phi) is 5.86. The van der Waals surface area contributed by atoms with Crippen LogP contribution in [0.1, 0.15) is 37.8 Å². The van der Waals surface area contributed by atoms with Crippen molar-refractivity contribution in [3.05, 3.63) is 35.4 Å². The molecule has 0 aliphatic carbocycles. The first kappa shape index (κ1) is 14.7. The van der Waals surface area contributed by atoms with Crippen LogP contribution in [0.5, 0.6) is 0 Å². The van der Waals surface area contributed by atoms with Crippen LogP contribution in [0.4, 0.5) is 0 Å². The fourth-order valence-electron chi connectivity index (χ4n) is 1.86. The molecule has 3 heteroatoms. The highest BCUT2D eigenvalue weighted by molar-refractivity contribution is 5.76. The Balaban J connectivity index is 2.62. The van der Waals surface area contributed by atoms with Crippen molar-refractivity contribution in [2.24, 2.45) is 0 Å². The molecule has 0 saturated carbocycles. The maximum atomic E-state index is 12.0. The number of benzene rings is 1. The average Bonchev–Trinajstić information content (AvgIpc) is 2.35. The zero-order valence-electron chi connectivity index (χ0n) is 11.5. The van der Waals surface area contributed by atoms with Crippen molar-refractivity contribution >= 4 is 5.91 Å². The molecular weight excluding hydrogens is 226 g/mol. The van der Waals surface area contributed by atoms with Gasteiger partial charge in [0.25, 0.3) is 0 Å². The van der Waals surface area contributed by atoms with Crippen LogP contribution < -0.4 is 0 Å². The minimum atomic E-state index is -0.411. The van der Waals surface area contributed by atoms with Crippen molar-refractivity contribution in [2.75, 3.05) is 6.54 Å². The molecule has 0 heterocycles. The Bertz CT molecular complexity index is 388. The first-order valence-corrected chi connectivity index (χ1v) is 6.55. The molecule has 3 nitrogen and oxygen atoms in total. The maximum Gasteiger partial charge on any atom is 0.222 e. The first-order valence-electron chi connectivity index (χ1n) is 6.55. The van der Waals surface area contributed by atoms with E-state index < -0.39 is 6.10 Å². The van der Waals surface area contributed by atoms with Crippen LogP contribution in [0.15, 0.2) is 24.3 Å². The van der Waals surface area contributed by atoms with Crippen LogP contribution >= 0.6 is 0 Å². The maximum absolute atomic E-state index is 12.0. The van der Waals surface area contributed by atoms with Gasteiger partial charge >= 0.3 is 0 Å². The molecule has 1 aromatic rings. The largest absolute Gasteiger partial charge is 0.393 e. The summed E-state index contributed by atoms with van der Waals surface area (Å²) in [7, 11) is 0. The lowest BCUT2D eigenvalue weighted by Gasteiger charge is -2.22. The van der Waals surface area contributed by atoms with E-state index >= 15 is 0 Å². The van der Waals surface area contributed by atoms with E-state index in [0.717, 1.165) is 0 Å². The van der Waals surface area contributed by atoms with Gasteiger partial charge in [-0.1, -0.05) is 24.3 Å². The van der Waals surface area contributed by atoms with Gasteiger partial charge in [-0.2, -0.15) is 0 Å². The van der Waals surface area contributed by atoms with Gasteiger partial charge in [0.2, 0.25) is 5.91 Å². The lowest BCUT2D eigenvalue weighted by atomic mass is 10.1. The third kappa shape index (κ3) is 4.49. The minimum absolute atomic E-state index is 0.113. The SMILES string of the molecule is CCN(Cc1ccccc1C)C(=O)CCC(C)O. The van der Waals surface area contributed by atoms with Crippen molar-refractivity contribution in [3.8, 4) is 0 Å². The van der Waals surface area contributed by atoms with Gasteiger partial charge in [-0.25, -0.2) is 0 Å². The molecule has 1 rings (SSSR count). The number of carbonyl (C=O) groups is 1. The highest BCUT2D eigenvalue weighted by atomic mass is 16.3. The Hall–Kier alpha value is -1.35. The number of aliphatic hydroxyl groups excluding tert-OH is 1. The lowest BCUT2D eigenvalue weighted by molar-refractivity contribution is -0.132. The van der Waals surface area contributed by atoms with Crippen molar-refractivity contribution in [1.82, 2.24) is 4.90 Å². The normalized spacial score (nSPS) is 12.2. The molecule has 18 heavy (non-hydrogen) atoms. The summed E-state index contributed by atoms with van der Waals surface area (Å²) in [5.74, 6) is 0.113. The highest BCUT2D eigenvalue weighted by Gasteiger charge is 2.13. The molecule has 0 bridgehead atoms. The zero-order valence-corrected chi connectivity index (χ0v) is 11.5. The Morgan fingerprint density at radius 2 is 2.06 bits per heavy atom. The van der Waals surface area contributed by atoms with Gasteiger partial charge in [-0.05, 0) is 38.3 Å². The second kappa shape index (κ2) is 7.17. The van der Waals surface area contributed by atoms with Gasteiger partial charge in [-0.15, -0.1) is 0 Å². The molecule has 1 amide bonds. The molecule has 0 radical (unpaired) electrons. The fraction of sp³-hybridized carbons (Fsp3) is 0.533. The molecule has 1 unspecified atom stereocenters. The predicted molar refractivity (Wildman–Crippen MR) is 73.2 cm³/mol. The standard InChI is InChI=1S/C15H23NO2/c1-4-16(15(18)10-9-13(3)17)11-14-8-6-5-7-12(14)2/h5-8,13,17H,4,9-11H2,1-3H3. The Labute approximate surface area is 109 Å². The van der Waals surface area contributed by atoms with Crippen molar-refractivity contribution in [2.45, 2.75) is 46.3 Å². The van der Waals surface area contributed by atoms with Crippen molar-refractivity contribution < 1.29 is 9.90 Å². The minimum Gasteiger partial charge on any atom is -0.393 e. The second-order valence-electron chi connectivity index (χ2n) is 4.72. The van der Waals surface area contributed by atoms with Crippen LogP contribution in [0.2, 0.25) is 0 Å². The van der Waals surface area contributed by atoms with Gasteiger partial charge in [-0.3, -0.25) is 4.79 Å². The summed E-state index contributed by atoms with van der Waals surface area (Å²) < 4.78 is 0. The summed E-state index contributed by atoms with van der Waals surface area (Å²) in [6, 6.07) is 8.12. The molecule has 1 aromatic carbocycles. The molecule has 0 aromatic heterocycles. The predicted octanol–water partition coefficient (Wildman–Crippen LogP) is 2.50. The van der Waals surface area contributed by atoms with E-state index in [1.807, 2.05) is 24.0 Å². The highest BCUT2D eigenvalue weighted by Crippen LogP contribution is 2.12. The van der Waals surface area contributed by atoms with Crippen LogP contribution in [0.25, 0.3) is 0 Å². The van der Waals surface area contributed by atoms with Gasteiger partial charge < -0.3 is 10.0 Å². The fourth-order valence-corrected chi connectivity index (χ4v) is 1.86. The summed E-state index contributed by atoms with van der Waals surface area (Å²) in [6.07, 6.45) is 0.534. The van der Waals surface area contributed by atoms with E-state index in [1.165, 1.54) is 11.1 Å². The van der Waals surface area contributed by atoms with E-state index in [2.05, 4.69) is 19.1 Å². The molecule has 0 spiro atoms. The third-order valence-electron chi connectivity index (χ3n) is 3.13. The quantitative estimate of drug-likeness (QED) is 0.841. The van der Waals surface area contributed by atoms with Crippen LogP contribution in [-0.2, 0) is 11.3 Å². The summed E-state index contributed by atoms with van der Waals surface area (Å²) in [6.45, 7) is 7.11. The summed E-state index contributed by atoms with van der Waals surface area (Å²) >= 11 is 0. The second-order valence-corrected chi connectivity index (χ2v) is 4.72. The van der Waals surface area contributed by atoms with Crippen LogP contribution in [-0.4, -0.2) is 28.6 Å². The molecular formula is C15H23NO2. The average molecular weight is 249 g/mol. The number of amides is 1. The van der Waals surface area contributed by atoms with Gasteiger partial charge in [0.15, 0.2) is 0 Å². The van der Waals surface area contributed by atoms with Crippen molar-refractivity contribution in [3.63, 3.8) is 0 Å². The number of carbonyl (C=O) groups excluding carboxylic acids is 1. The number of hydrogen-bond acceptors (Lipinski definition) is 2. The van der Waals surface area contributed by atoms with E-state index in [9.17, 15) is 9.90 Å². The molecule has 0 saturated heterocycles. The summed E-state index contributed by atoms with van der Waals surface area (Å²) in [5.41, 5.74) is 2.39. The molecule has 0 fully saturated rings. The van der Waals surface area contributed by atoms with E-state index in [-0.39, 0.29) is 5.91 Å².